The van der Waals surface area contributed by atoms with Crippen LogP contribution >= 0.6 is 24.0 Å². The average molecular weight is 530 g/mol. The van der Waals surface area contributed by atoms with E-state index < -0.39 is 10.0 Å². The number of aryl methyl sites for hydroxylation is 1. The summed E-state index contributed by atoms with van der Waals surface area (Å²) in [5, 5.41) is 6.26. The summed E-state index contributed by atoms with van der Waals surface area (Å²) in [5.74, 6) is 0.599. The molecule has 0 aromatic heterocycles. The quantitative estimate of drug-likeness (QED) is 0.251. The van der Waals surface area contributed by atoms with Gasteiger partial charge in [0.05, 0.1) is 12.3 Å². The van der Waals surface area contributed by atoms with E-state index in [1.807, 2.05) is 49.4 Å². The lowest BCUT2D eigenvalue weighted by molar-refractivity contribution is 0.580. The zero-order valence-corrected chi connectivity index (χ0v) is 20.2. The predicted molar refractivity (Wildman–Crippen MR) is 131 cm³/mol. The lowest BCUT2D eigenvalue weighted by Gasteiger charge is -2.13. The Labute approximate surface area is 191 Å². The van der Waals surface area contributed by atoms with Crippen LogP contribution < -0.4 is 15.4 Å². The first-order chi connectivity index (χ1) is 13.5. The first-order valence-corrected chi connectivity index (χ1v) is 11.3. The Morgan fingerprint density at radius 3 is 2.24 bits per heavy atom. The maximum Gasteiger partial charge on any atom is 0.213 e. The van der Waals surface area contributed by atoms with Gasteiger partial charge in [-0.3, -0.25) is 0 Å². The standard InChI is InChI=1S/C21H30N4O2S.HI/c1-3-19-12-8-9-13-20(19)17-24-21(22-4-2)23-14-15-28(26,27)25-16-18-10-6-5-7-11-18;/h5-13,25H,3-4,14-17H2,1-2H3,(H2,22,23,24);1H. The Bertz CT molecular complexity index is 858. The van der Waals surface area contributed by atoms with E-state index in [0.29, 0.717) is 25.6 Å². The van der Waals surface area contributed by atoms with E-state index in [1.54, 1.807) is 0 Å². The monoisotopic (exact) mass is 530 g/mol. The molecule has 0 aliphatic rings. The summed E-state index contributed by atoms with van der Waals surface area (Å²) in [6, 6.07) is 17.7. The Morgan fingerprint density at radius 1 is 0.931 bits per heavy atom. The number of aliphatic imine (C=N–C) groups is 1. The Morgan fingerprint density at radius 2 is 1.59 bits per heavy atom. The van der Waals surface area contributed by atoms with Crippen LogP contribution in [0.2, 0.25) is 0 Å². The topological polar surface area (TPSA) is 82.6 Å². The summed E-state index contributed by atoms with van der Waals surface area (Å²) in [6.45, 7) is 5.95. The Hall–Kier alpha value is -1.65. The molecule has 0 spiro atoms. The molecule has 0 heterocycles. The van der Waals surface area contributed by atoms with E-state index >= 15 is 0 Å². The molecule has 0 aliphatic carbocycles. The molecule has 2 aromatic carbocycles. The van der Waals surface area contributed by atoms with Gasteiger partial charge in [-0.2, -0.15) is 0 Å². The molecule has 0 unspecified atom stereocenters. The van der Waals surface area contributed by atoms with Crippen LogP contribution in [0.4, 0.5) is 0 Å². The maximum atomic E-state index is 12.2. The van der Waals surface area contributed by atoms with Crippen molar-refractivity contribution in [2.75, 3.05) is 18.8 Å². The molecule has 29 heavy (non-hydrogen) atoms. The molecule has 0 saturated carbocycles. The van der Waals surface area contributed by atoms with Gasteiger partial charge in [0.1, 0.15) is 0 Å². The number of rotatable bonds is 10. The van der Waals surface area contributed by atoms with Crippen molar-refractivity contribution in [3.8, 4) is 0 Å². The van der Waals surface area contributed by atoms with Crippen molar-refractivity contribution in [3.05, 3.63) is 71.3 Å². The zero-order chi connectivity index (χ0) is 20.2. The van der Waals surface area contributed by atoms with E-state index in [9.17, 15) is 8.42 Å². The van der Waals surface area contributed by atoms with Crippen molar-refractivity contribution < 1.29 is 8.42 Å². The number of hydrogen-bond donors (Lipinski definition) is 3. The van der Waals surface area contributed by atoms with Gasteiger partial charge < -0.3 is 10.6 Å². The molecule has 0 fully saturated rings. The van der Waals surface area contributed by atoms with Crippen molar-refractivity contribution in [3.63, 3.8) is 0 Å². The van der Waals surface area contributed by atoms with Gasteiger partial charge in [0.25, 0.3) is 0 Å². The number of guanidine groups is 1. The van der Waals surface area contributed by atoms with E-state index in [-0.39, 0.29) is 36.3 Å². The normalized spacial score (nSPS) is 11.6. The van der Waals surface area contributed by atoms with Gasteiger partial charge in [-0.1, -0.05) is 61.5 Å². The van der Waals surface area contributed by atoms with E-state index in [2.05, 4.69) is 39.4 Å². The third-order valence-electron chi connectivity index (χ3n) is 4.25. The number of sulfonamides is 1. The minimum atomic E-state index is -3.36. The molecular formula is C21H31IN4O2S. The summed E-state index contributed by atoms with van der Waals surface area (Å²) in [4.78, 5) is 4.58. The molecule has 0 aliphatic heterocycles. The van der Waals surface area contributed by atoms with Crippen LogP contribution in [-0.4, -0.2) is 33.2 Å². The first-order valence-electron chi connectivity index (χ1n) is 9.64. The minimum absolute atomic E-state index is 0. The third-order valence-corrected chi connectivity index (χ3v) is 5.58. The second-order valence-electron chi connectivity index (χ2n) is 6.37. The third kappa shape index (κ3) is 9.60. The van der Waals surface area contributed by atoms with Gasteiger partial charge in [-0.05, 0) is 30.0 Å². The van der Waals surface area contributed by atoms with Crippen LogP contribution in [0.25, 0.3) is 0 Å². The van der Waals surface area contributed by atoms with Crippen LogP contribution in [0.5, 0.6) is 0 Å². The first kappa shape index (κ1) is 25.4. The molecule has 2 rings (SSSR count). The largest absolute Gasteiger partial charge is 0.357 e. The number of nitrogens with zero attached hydrogens (tertiary/aromatic N) is 1. The predicted octanol–water partition coefficient (Wildman–Crippen LogP) is 3.04. The molecule has 0 atom stereocenters. The van der Waals surface area contributed by atoms with Crippen molar-refractivity contribution in [1.82, 2.24) is 15.4 Å². The lowest BCUT2D eigenvalue weighted by Crippen LogP contribution is -2.41. The highest BCUT2D eigenvalue weighted by Crippen LogP contribution is 2.10. The molecule has 2 aromatic rings. The average Bonchev–Trinajstić information content (AvgIpc) is 2.71. The molecule has 3 N–H and O–H groups in total. The van der Waals surface area contributed by atoms with Crippen LogP contribution in [0.1, 0.15) is 30.5 Å². The van der Waals surface area contributed by atoms with Gasteiger partial charge in [0, 0.05) is 19.6 Å². The zero-order valence-electron chi connectivity index (χ0n) is 17.0. The summed E-state index contributed by atoms with van der Waals surface area (Å²) < 4.78 is 27.0. The molecule has 160 valence electrons. The highest BCUT2D eigenvalue weighted by molar-refractivity contribution is 14.0. The van der Waals surface area contributed by atoms with Gasteiger partial charge in [-0.25, -0.2) is 18.1 Å². The van der Waals surface area contributed by atoms with Crippen molar-refractivity contribution >= 4 is 40.0 Å². The van der Waals surface area contributed by atoms with Crippen LogP contribution in [-0.2, 0) is 29.5 Å². The lowest BCUT2D eigenvalue weighted by atomic mass is 10.1. The molecule has 8 heteroatoms. The second kappa shape index (κ2) is 13.6. The number of nitrogens with one attached hydrogen (secondary N) is 3. The van der Waals surface area contributed by atoms with Gasteiger partial charge in [0.2, 0.25) is 10.0 Å². The smallest absolute Gasteiger partial charge is 0.213 e. The highest BCUT2D eigenvalue weighted by Gasteiger charge is 2.10. The molecule has 6 nitrogen and oxygen atoms in total. The number of halogens is 1. The summed E-state index contributed by atoms with van der Waals surface area (Å²) >= 11 is 0. The van der Waals surface area contributed by atoms with Crippen molar-refractivity contribution in [2.45, 2.75) is 33.4 Å². The second-order valence-corrected chi connectivity index (χ2v) is 8.30. The fourth-order valence-electron chi connectivity index (χ4n) is 2.73. The van der Waals surface area contributed by atoms with Crippen LogP contribution in [0.3, 0.4) is 0 Å². The van der Waals surface area contributed by atoms with E-state index in [0.717, 1.165) is 12.0 Å². The molecule has 0 bridgehead atoms. The van der Waals surface area contributed by atoms with Crippen molar-refractivity contribution in [1.29, 1.82) is 0 Å². The summed E-state index contributed by atoms with van der Waals surface area (Å²) in [6.07, 6.45) is 0.959. The molecule has 0 saturated heterocycles. The van der Waals surface area contributed by atoms with E-state index in [4.69, 9.17) is 0 Å². The SMILES string of the molecule is CCNC(=NCc1ccccc1CC)NCCS(=O)(=O)NCc1ccccc1.I. The van der Waals surface area contributed by atoms with Crippen LogP contribution in [0.15, 0.2) is 59.6 Å². The van der Waals surface area contributed by atoms with E-state index in [1.165, 1.54) is 11.1 Å². The van der Waals surface area contributed by atoms with Crippen LogP contribution in [0, 0.1) is 0 Å². The minimum Gasteiger partial charge on any atom is -0.357 e. The van der Waals surface area contributed by atoms with Crippen molar-refractivity contribution in [2.24, 2.45) is 4.99 Å². The molecular weight excluding hydrogens is 499 g/mol. The molecule has 0 radical (unpaired) electrons. The summed E-state index contributed by atoms with van der Waals surface area (Å²) in [5.41, 5.74) is 3.39. The fourth-order valence-corrected chi connectivity index (χ4v) is 3.63. The maximum absolute atomic E-state index is 12.2. The van der Waals surface area contributed by atoms with Gasteiger partial charge in [-0.15, -0.1) is 24.0 Å². The van der Waals surface area contributed by atoms with Gasteiger partial charge in [0.15, 0.2) is 5.96 Å². The number of hydrogen-bond acceptors (Lipinski definition) is 3. The Balaban J connectivity index is 0.00000420. The Kier molecular flexibility index (Phi) is 11.9. The summed E-state index contributed by atoms with van der Waals surface area (Å²) in [7, 11) is -3.36. The number of benzene rings is 2. The fraction of sp³-hybridized carbons (Fsp3) is 0.381. The van der Waals surface area contributed by atoms with Gasteiger partial charge >= 0.3 is 0 Å². The highest BCUT2D eigenvalue weighted by atomic mass is 127. The molecule has 0 amide bonds.